The molecule has 134 valence electrons. The van der Waals surface area contributed by atoms with Crippen molar-refractivity contribution in [1.82, 2.24) is 4.98 Å². The summed E-state index contributed by atoms with van der Waals surface area (Å²) in [5.41, 5.74) is 1.37. The lowest BCUT2D eigenvalue weighted by Crippen LogP contribution is -2.23. The zero-order valence-electron chi connectivity index (χ0n) is 13.5. The number of carbonyl (C=O) groups is 1. The summed E-state index contributed by atoms with van der Waals surface area (Å²) in [5, 5.41) is 3.56. The molecule has 1 heterocycles. The smallest absolute Gasteiger partial charge is 0.237 e. The summed E-state index contributed by atoms with van der Waals surface area (Å²) in [6.07, 6.45) is 0. The van der Waals surface area contributed by atoms with Gasteiger partial charge in [0.15, 0.2) is 21.8 Å². The van der Waals surface area contributed by atoms with Gasteiger partial charge in [-0.1, -0.05) is 42.1 Å². The number of anilines is 1. The van der Waals surface area contributed by atoms with Gasteiger partial charge in [-0.3, -0.25) is 4.79 Å². The van der Waals surface area contributed by atoms with Gasteiger partial charge in [-0.15, -0.1) is 11.3 Å². The summed E-state index contributed by atoms with van der Waals surface area (Å²) >= 11 is 2.60. The second-order valence-electron chi connectivity index (χ2n) is 5.34. The molecule has 0 saturated heterocycles. The monoisotopic (exact) mass is 394 g/mol. The average Bonchev–Trinajstić information content (AvgIpc) is 3.11. The van der Waals surface area contributed by atoms with Gasteiger partial charge >= 0.3 is 0 Å². The van der Waals surface area contributed by atoms with Gasteiger partial charge in [-0.05, 0) is 19.1 Å². The molecule has 3 nitrogen and oxygen atoms in total. The van der Waals surface area contributed by atoms with Crippen molar-refractivity contribution in [1.29, 1.82) is 0 Å². The number of thiazole rings is 1. The number of carbonyl (C=O) groups excluding carboxylic acids is 1. The summed E-state index contributed by atoms with van der Waals surface area (Å²) in [5.74, 6) is -4.87. The molecule has 1 aromatic heterocycles. The van der Waals surface area contributed by atoms with Crippen LogP contribution in [0.2, 0.25) is 0 Å². The number of nitrogens with zero attached hydrogens (tertiary/aromatic N) is 1. The molecule has 0 radical (unpaired) electrons. The molecule has 3 rings (SSSR count). The van der Waals surface area contributed by atoms with Gasteiger partial charge < -0.3 is 5.32 Å². The Balaban J connectivity index is 1.67. The van der Waals surface area contributed by atoms with Crippen LogP contribution in [-0.4, -0.2) is 16.1 Å². The lowest BCUT2D eigenvalue weighted by molar-refractivity contribution is -0.115. The van der Waals surface area contributed by atoms with E-state index >= 15 is 0 Å². The van der Waals surface area contributed by atoms with Crippen LogP contribution in [0, 0.1) is 17.5 Å². The summed E-state index contributed by atoms with van der Waals surface area (Å²) < 4.78 is 40.5. The average molecular weight is 394 g/mol. The molecule has 1 atom stereocenters. The number of aromatic nitrogens is 1. The van der Waals surface area contributed by atoms with Crippen LogP contribution < -0.4 is 5.32 Å². The quantitative estimate of drug-likeness (QED) is 0.469. The molecule has 0 aliphatic carbocycles. The maximum Gasteiger partial charge on any atom is 0.237 e. The topological polar surface area (TPSA) is 42.0 Å². The maximum atomic E-state index is 13.7. The van der Waals surface area contributed by atoms with Crippen LogP contribution in [0.15, 0.2) is 52.2 Å². The first-order chi connectivity index (χ1) is 12.5. The molecule has 0 aliphatic rings. The molecule has 1 amide bonds. The van der Waals surface area contributed by atoms with Crippen molar-refractivity contribution in [2.45, 2.75) is 16.5 Å². The minimum atomic E-state index is -1.62. The highest BCUT2D eigenvalue weighted by Crippen LogP contribution is 2.31. The summed E-state index contributed by atoms with van der Waals surface area (Å²) in [4.78, 5) is 16.7. The lowest BCUT2D eigenvalue weighted by atomic mass is 10.2. The zero-order valence-corrected chi connectivity index (χ0v) is 15.1. The molecule has 2 aromatic carbocycles. The third-order valence-electron chi connectivity index (χ3n) is 3.49. The van der Waals surface area contributed by atoms with Crippen molar-refractivity contribution in [3.05, 3.63) is 65.3 Å². The number of benzene rings is 2. The Kier molecular flexibility index (Phi) is 5.63. The maximum absolute atomic E-state index is 13.7. The van der Waals surface area contributed by atoms with E-state index in [0.717, 1.165) is 23.4 Å². The summed E-state index contributed by atoms with van der Waals surface area (Å²) in [6.45, 7) is 1.63. The van der Waals surface area contributed by atoms with Crippen molar-refractivity contribution < 1.29 is 18.0 Å². The number of amides is 1. The van der Waals surface area contributed by atoms with Crippen molar-refractivity contribution in [3.8, 4) is 11.3 Å². The van der Waals surface area contributed by atoms with Crippen molar-refractivity contribution in [2.75, 3.05) is 5.32 Å². The second kappa shape index (κ2) is 7.92. The Morgan fingerprint density at radius 2 is 1.85 bits per heavy atom. The largest absolute Gasteiger partial charge is 0.323 e. The van der Waals surface area contributed by atoms with Gasteiger partial charge in [-0.25, -0.2) is 18.2 Å². The normalized spacial score (nSPS) is 12.0. The van der Waals surface area contributed by atoms with E-state index in [-0.39, 0.29) is 0 Å². The van der Waals surface area contributed by atoms with Gasteiger partial charge in [0.25, 0.3) is 0 Å². The van der Waals surface area contributed by atoms with Gasteiger partial charge in [-0.2, -0.15) is 0 Å². The molecule has 0 aliphatic heterocycles. The fraction of sp³-hybridized carbons (Fsp3) is 0.111. The Labute approximate surface area is 156 Å². The molecule has 3 aromatic rings. The highest BCUT2D eigenvalue weighted by molar-refractivity contribution is 8.02. The fourth-order valence-electron chi connectivity index (χ4n) is 2.11. The first-order valence-corrected chi connectivity index (χ1v) is 9.33. The van der Waals surface area contributed by atoms with Crippen molar-refractivity contribution in [3.63, 3.8) is 0 Å². The molecular weight excluding hydrogens is 381 g/mol. The number of halogens is 3. The summed E-state index contributed by atoms with van der Waals surface area (Å²) in [7, 11) is 0. The Hall–Kier alpha value is -2.32. The third kappa shape index (κ3) is 4.08. The fourth-order valence-corrected chi connectivity index (χ4v) is 4.09. The number of thioether (sulfide) groups is 1. The van der Waals surface area contributed by atoms with Gasteiger partial charge in [0, 0.05) is 10.9 Å². The lowest BCUT2D eigenvalue weighted by Gasteiger charge is -2.11. The van der Waals surface area contributed by atoms with Crippen LogP contribution in [0.1, 0.15) is 6.92 Å². The van der Waals surface area contributed by atoms with Gasteiger partial charge in [0.05, 0.1) is 16.6 Å². The highest BCUT2D eigenvalue weighted by atomic mass is 32.2. The molecule has 0 saturated carbocycles. The standard InChI is InChI=1S/C18H13F3N2OS2/c1-10(17(24)22-13-8-7-12(19)15(20)16(13)21)26-18-23-14(9-25-18)11-5-3-2-4-6-11/h2-10H,1H3,(H,22,24)/t10-/m0/s1. The number of rotatable bonds is 5. The van der Waals surface area contributed by atoms with E-state index in [9.17, 15) is 18.0 Å². The van der Waals surface area contributed by atoms with Crippen LogP contribution in [0.4, 0.5) is 18.9 Å². The van der Waals surface area contributed by atoms with E-state index in [1.165, 1.54) is 23.1 Å². The molecule has 0 spiro atoms. The second-order valence-corrected chi connectivity index (χ2v) is 7.78. The van der Waals surface area contributed by atoms with Crippen LogP contribution in [0.5, 0.6) is 0 Å². The van der Waals surface area contributed by atoms with Gasteiger partial charge in [0.2, 0.25) is 5.91 Å². The molecule has 0 unspecified atom stereocenters. The van der Waals surface area contributed by atoms with E-state index in [0.29, 0.717) is 4.34 Å². The molecule has 0 bridgehead atoms. The minimum Gasteiger partial charge on any atom is -0.323 e. The molecule has 26 heavy (non-hydrogen) atoms. The van der Waals surface area contributed by atoms with E-state index in [4.69, 9.17) is 0 Å². The first kappa shape index (κ1) is 18.5. The Morgan fingerprint density at radius 1 is 1.12 bits per heavy atom. The minimum absolute atomic E-state index is 0.398. The predicted octanol–water partition coefficient (Wildman–Crippen LogP) is 5.35. The Morgan fingerprint density at radius 3 is 2.58 bits per heavy atom. The first-order valence-electron chi connectivity index (χ1n) is 7.57. The third-order valence-corrected chi connectivity index (χ3v) is 5.56. The zero-order chi connectivity index (χ0) is 18.7. The predicted molar refractivity (Wildman–Crippen MR) is 97.8 cm³/mol. The van der Waals surface area contributed by atoms with Crippen molar-refractivity contribution in [2.24, 2.45) is 0 Å². The number of nitrogens with one attached hydrogen (secondary N) is 1. The molecule has 0 fully saturated rings. The Bertz CT molecular complexity index is 931. The van der Waals surface area contributed by atoms with Crippen molar-refractivity contribution >= 4 is 34.7 Å². The van der Waals surface area contributed by atoms with Crippen LogP contribution in [0.3, 0.4) is 0 Å². The SMILES string of the molecule is C[C@H](Sc1nc(-c2ccccc2)cs1)C(=O)Nc1ccc(F)c(F)c1F. The molecule has 1 N–H and O–H groups in total. The van der Waals surface area contributed by atoms with E-state index in [2.05, 4.69) is 10.3 Å². The summed E-state index contributed by atoms with van der Waals surface area (Å²) in [6, 6.07) is 11.4. The molecular formula is C18H13F3N2OS2. The van der Waals surface area contributed by atoms with E-state index in [1.54, 1.807) is 6.92 Å². The van der Waals surface area contributed by atoms with Gasteiger partial charge in [0.1, 0.15) is 0 Å². The van der Waals surface area contributed by atoms with Crippen LogP contribution >= 0.6 is 23.1 Å². The number of hydrogen-bond donors (Lipinski definition) is 1. The number of hydrogen-bond acceptors (Lipinski definition) is 4. The van der Waals surface area contributed by atoms with E-state index < -0.39 is 34.3 Å². The van der Waals surface area contributed by atoms with Crippen LogP contribution in [-0.2, 0) is 4.79 Å². The molecule has 8 heteroatoms. The van der Waals surface area contributed by atoms with Crippen LogP contribution in [0.25, 0.3) is 11.3 Å². The van der Waals surface area contributed by atoms with E-state index in [1.807, 2.05) is 35.7 Å². The highest BCUT2D eigenvalue weighted by Gasteiger charge is 2.20.